The van der Waals surface area contributed by atoms with Crippen molar-refractivity contribution in [3.05, 3.63) is 48.0 Å². The van der Waals surface area contributed by atoms with E-state index in [1.54, 1.807) is 25.1 Å². The number of furan rings is 1. The monoisotopic (exact) mass is 396 g/mol. The van der Waals surface area contributed by atoms with Crippen molar-refractivity contribution < 1.29 is 19.1 Å². The lowest BCUT2D eigenvalue weighted by Gasteiger charge is -2.51. The Morgan fingerprint density at radius 1 is 1.34 bits per heavy atom. The molecule has 4 heterocycles. The molecule has 0 unspecified atom stereocenters. The SMILES string of the molecule is C[C@]1(O)CC2(CCN(c3cccc(C#N)n3)CC2)OC[C@@H]1NC(=O)c1ccco1. The molecule has 2 aromatic heterocycles. The van der Waals surface area contributed by atoms with Crippen LogP contribution in [0.4, 0.5) is 5.82 Å². The molecule has 4 rings (SSSR count). The molecule has 0 aliphatic carbocycles. The van der Waals surface area contributed by atoms with E-state index in [9.17, 15) is 9.90 Å². The Labute approximate surface area is 169 Å². The Balaban J connectivity index is 1.39. The number of anilines is 1. The number of hydrogen-bond acceptors (Lipinski definition) is 7. The summed E-state index contributed by atoms with van der Waals surface area (Å²) in [5.41, 5.74) is -1.13. The topological polar surface area (TPSA) is 112 Å². The van der Waals surface area contributed by atoms with Gasteiger partial charge in [-0.2, -0.15) is 5.26 Å². The molecule has 8 heteroatoms. The second-order valence-corrected chi connectivity index (χ2v) is 8.01. The van der Waals surface area contributed by atoms with Crippen molar-refractivity contribution in [3.63, 3.8) is 0 Å². The summed E-state index contributed by atoms with van der Waals surface area (Å²) in [4.78, 5) is 18.8. The van der Waals surface area contributed by atoms with E-state index in [2.05, 4.69) is 21.3 Å². The molecule has 8 nitrogen and oxygen atoms in total. The first kappa shape index (κ1) is 19.4. The van der Waals surface area contributed by atoms with Crippen LogP contribution in [0.1, 0.15) is 42.4 Å². The Hall–Kier alpha value is -2.89. The van der Waals surface area contributed by atoms with Crippen molar-refractivity contribution in [1.82, 2.24) is 10.3 Å². The first-order valence-corrected chi connectivity index (χ1v) is 9.74. The maximum atomic E-state index is 12.3. The van der Waals surface area contributed by atoms with Crippen molar-refractivity contribution in [2.75, 3.05) is 24.6 Å². The zero-order chi connectivity index (χ0) is 20.5. The summed E-state index contributed by atoms with van der Waals surface area (Å²) in [7, 11) is 0. The molecular formula is C21H24N4O4. The van der Waals surface area contributed by atoms with Crippen molar-refractivity contribution in [2.45, 2.75) is 43.4 Å². The molecule has 0 bridgehead atoms. The molecule has 29 heavy (non-hydrogen) atoms. The molecule has 2 fully saturated rings. The van der Waals surface area contributed by atoms with E-state index in [0.29, 0.717) is 12.1 Å². The number of carbonyl (C=O) groups is 1. The predicted molar refractivity (Wildman–Crippen MR) is 104 cm³/mol. The van der Waals surface area contributed by atoms with E-state index in [1.807, 2.05) is 12.1 Å². The van der Waals surface area contributed by atoms with Gasteiger partial charge in [-0.3, -0.25) is 4.79 Å². The maximum absolute atomic E-state index is 12.3. The normalized spacial score (nSPS) is 26.1. The Bertz CT molecular complexity index is 911. The van der Waals surface area contributed by atoms with Crippen molar-refractivity contribution >= 4 is 11.7 Å². The number of hydrogen-bond donors (Lipinski definition) is 2. The zero-order valence-electron chi connectivity index (χ0n) is 16.3. The number of ether oxygens (including phenoxy) is 1. The molecule has 1 amide bonds. The van der Waals surface area contributed by atoms with Crippen LogP contribution in [0.15, 0.2) is 41.0 Å². The first-order chi connectivity index (χ1) is 13.9. The second kappa shape index (κ2) is 7.50. The van der Waals surface area contributed by atoms with Crippen LogP contribution >= 0.6 is 0 Å². The molecule has 2 aromatic rings. The van der Waals surface area contributed by atoms with Crippen LogP contribution in [0, 0.1) is 11.3 Å². The van der Waals surface area contributed by atoms with Gasteiger partial charge < -0.3 is 24.5 Å². The summed E-state index contributed by atoms with van der Waals surface area (Å²) in [6, 6.07) is 10.2. The number of amides is 1. The molecular weight excluding hydrogens is 372 g/mol. The van der Waals surface area contributed by atoms with Gasteiger partial charge in [0.2, 0.25) is 0 Å². The van der Waals surface area contributed by atoms with E-state index in [1.165, 1.54) is 6.26 Å². The van der Waals surface area contributed by atoms with Crippen LogP contribution in [0.25, 0.3) is 0 Å². The maximum Gasteiger partial charge on any atom is 0.287 e. The Kier molecular flexibility index (Phi) is 5.03. The lowest BCUT2D eigenvalue weighted by molar-refractivity contribution is -0.176. The second-order valence-electron chi connectivity index (χ2n) is 8.01. The summed E-state index contributed by atoms with van der Waals surface area (Å²) in [5.74, 6) is 0.629. The van der Waals surface area contributed by atoms with E-state index in [4.69, 9.17) is 14.4 Å². The van der Waals surface area contributed by atoms with Crippen molar-refractivity contribution in [2.24, 2.45) is 0 Å². The minimum absolute atomic E-state index is 0.210. The van der Waals surface area contributed by atoms with Crippen LogP contribution in [0.3, 0.4) is 0 Å². The number of nitrogens with one attached hydrogen (secondary N) is 1. The van der Waals surface area contributed by atoms with Gasteiger partial charge in [-0.05, 0) is 44.0 Å². The van der Waals surface area contributed by atoms with Crippen molar-refractivity contribution in [1.29, 1.82) is 5.26 Å². The van der Waals surface area contributed by atoms with Crippen LogP contribution in [0.2, 0.25) is 0 Å². The van der Waals surface area contributed by atoms with Crippen LogP contribution in [0.5, 0.6) is 0 Å². The highest BCUT2D eigenvalue weighted by Gasteiger charge is 2.49. The number of nitrogens with zero attached hydrogens (tertiary/aromatic N) is 3. The summed E-state index contributed by atoms with van der Waals surface area (Å²) in [6.07, 6.45) is 3.35. The molecule has 0 aromatic carbocycles. The summed E-state index contributed by atoms with van der Waals surface area (Å²) < 4.78 is 11.3. The van der Waals surface area contributed by atoms with Gasteiger partial charge in [0.15, 0.2) is 5.76 Å². The molecule has 2 atom stereocenters. The number of aliphatic hydroxyl groups is 1. The molecule has 1 spiro atoms. The molecule has 152 valence electrons. The largest absolute Gasteiger partial charge is 0.459 e. The first-order valence-electron chi connectivity index (χ1n) is 9.74. The standard InChI is InChI=1S/C21H24N4O4/c1-20(27)14-21(29-13-17(20)24-19(26)16-5-3-11-28-16)7-9-25(10-8-21)18-6-2-4-15(12-22)23-18/h2-6,11,17,27H,7-10,13-14H2,1H3,(H,24,26)/t17-,20-/m0/s1. The summed E-state index contributed by atoms with van der Waals surface area (Å²) >= 11 is 0. The fourth-order valence-corrected chi connectivity index (χ4v) is 4.23. The van der Waals surface area contributed by atoms with Crippen LogP contribution < -0.4 is 10.2 Å². The lowest BCUT2D eigenvalue weighted by Crippen LogP contribution is -2.64. The van der Waals surface area contributed by atoms with Gasteiger partial charge in [0, 0.05) is 19.5 Å². The Morgan fingerprint density at radius 3 is 2.79 bits per heavy atom. The van der Waals surface area contributed by atoms with Gasteiger partial charge >= 0.3 is 0 Å². The van der Waals surface area contributed by atoms with Gasteiger partial charge in [0.25, 0.3) is 5.91 Å². The number of pyridine rings is 1. The lowest BCUT2D eigenvalue weighted by atomic mass is 9.75. The number of aromatic nitrogens is 1. The molecule has 2 N–H and O–H groups in total. The molecule has 2 aliphatic heterocycles. The van der Waals surface area contributed by atoms with Gasteiger partial charge in [-0.1, -0.05) is 6.07 Å². The smallest absolute Gasteiger partial charge is 0.287 e. The highest BCUT2D eigenvalue weighted by atomic mass is 16.5. The summed E-state index contributed by atoms with van der Waals surface area (Å²) in [5, 5.41) is 22.9. The molecule has 2 saturated heterocycles. The van der Waals surface area contributed by atoms with Gasteiger partial charge in [-0.25, -0.2) is 4.98 Å². The van der Waals surface area contributed by atoms with E-state index in [0.717, 1.165) is 31.7 Å². The minimum atomic E-state index is -1.10. The van der Waals surface area contributed by atoms with Crippen LogP contribution in [-0.4, -0.2) is 52.9 Å². The molecule has 2 aliphatic rings. The third-order valence-electron chi connectivity index (χ3n) is 5.88. The van der Waals surface area contributed by atoms with Gasteiger partial charge in [0.1, 0.15) is 17.6 Å². The molecule has 0 saturated carbocycles. The zero-order valence-corrected chi connectivity index (χ0v) is 16.3. The van der Waals surface area contributed by atoms with Gasteiger partial charge in [-0.15, -0.1) is 0 Å². The molecule has 0 radical (unpaired) electrons. The van der Waals surface area contributed by atoms with E-state index in [-0.39, 0.29) is 18.3 Å². The van der Waals surface area contributed by atoms with E-state index >= 15 is 0 Å². The number of nitriles is 1. The quantitative estimate of drug-likeness (QED) is 0.814. The average Bonchev–Trinajstić information content (AvgIpc) is 3.25. The highest BCUT2D eigenvalue weighted by Crippen LogP contribution is 2.40. The number of rotatable bonds is 3. The third-order valence-corrected chi connectivity index (χ3v) is 5.88. The highest BCUT2D eigenvalue weighted by molar-refractivity contribution is 5.91. The van der Waals surface area contributed by atoms with Crippen molar-refractivity contribution in [3.8, 4) is 6.07 Å². The minimum Gasteiger partial charge on any atom is -0.459 e. The van der Waals surface area contributed by atoms with E-state index < -0.39 is 17.2 Å². The predicted octanol–water partition coefficient (Wildman–Crippen LogP) is 1.86. The summed E-state index contributed by atoms with van der Waals surface area (Å²) in [6.45, 7) is 3.43. The third kappa shape index (κ3) is 3.97. The fraction of sp³-hybridized carbons (Fsp3) is 0.476. The van der Waals surface area contributed by atoms with Gasteiger partial charge in [0.05, 0.1) is 30.1 Å². The van der Waals surface area contributed by atoms with Crippen LogP contribution in [-0.2, 0) is 4.74 Å². The average molecular weight is 396 g/mol. The fourth-order valence-electron chi connectivity index (χ4n) is 4.23. The Morgan fingerprint density at radius 2 is 2.14 bits per heavy atom. The number of carbonyl (C=O) groups excluding carboxylic acids is 1. The number of piperidine rings is 1.